The second kappa shape index (κ2) is 8.20. The van der Waals surface area contributed by atoms with E-state index in [1.165, 1.54) is 16.2 Å². The van der Waals surface area contributed by atoms with Gasteiger partial charge in [-0.15, -0.1) is 11.3 Å². The fourth-order valence-corrected chi connectivity index (χ4v) is 5.55. The molecule has 30 heavy (non-hydrogen) atoms. The van der Waals surface area contributed by atoms with Crippen molar-refractivity contribution < 1.29 is 9.59 Å². The highest BCUT2D eigenvalue weighted by Gasteiger charge is 2.27. The molecule has 3 N–H and O–H groups in total. The summed E-state index contributed by atoms with van der Waals surface area (Å²) in [5.74, 6) is 0.739. The molecule has 8 heteroatoms. The van der Waals surface area contributed by atoms with E-state index in [4.69, 9.17) is 5.73 Å². The van der Waals surface area contributed by atoms with Crippen molar-refractivity contribution in [2.75, 3.05) is 19.4 Å². The van der Waals surface area contributed by atoms with Crippen molar-refractivity contribution in [3.8, 4) is 0 Å². The minimum atomic E-state index is -0.473. The molecule has 0 bridgehead atoms. The third kappa shape index (κ3) is 3.97. The first-order valence-corrected chi connectivity index (χ1v) is 11.0. The Morgan fingerprint density at radius 3 is 2.83 bits per heavy atom. The van der Waals surface area contributed by atoms with E-state index in [2.05, 4.69) is 17.2 Å². The zero-order valence-electron chi connectivity index (χ0n) is 17.6. The molecule has 2 aromatic heterocycles. The normalized spacial score (nSPS) is 16.1. The highest BCUT2D eigenvalue weighted by Crippen LogP contribution is 2.39. The van der Waals surface area contributed by atoms with Gasteiger partial charge in [-0.05, 0) is 57.0 Å². The van der Waals surface area contributed by atoms with Crippen molar-refractivity contribution in [1.29, 1.82) is 0 Å². The number of carbonyl (C=O) groups excluding carboxylic acids is 2. The number of para-hydroxylation sites is 2. The Morgan fingerprint density at radius 2 is 2.10 bits per heavy atom. The summed E-state index contributed by atoms with van der Waals surface area (Å²) in [5, 5.41) is 3.54. The number of hydrogen-bond donors (Lipinski definition) is 2. The maximum Gasteiger partial charge on any atom is 0.251 e. The van der Waals surface area contributed by atoms with Gasteiger partial charge in [-0.1, -0.05) is 19.1 Å². The largest absolute Gasteiger partial charge is 0.365 e. The molecule has 1 aromatic carbocycles. The quantitative estimate of drug-likeness (QED) is 0.635. The number of benzene rings is 1. The number of thiophene rings is 1. The summed E-state index contributed by atoms with van der Waals surface area (Å²) in [6, 6.07) is 7.80. The van der Waals surface area contributed by atoms with E-state index in [0.717, 1.165) is 41.7 Å². The molecule has 1 aliphatic rings. The molecule has 2 heterocycles. The number of aromatic nitrogens is 2. The number of anilines is 1. The van der Waals surface area contributed by atoms with E-state index in [9.17, 15) is 9.59 Å². The van der Waals surface area contributed by atoms with E-state index in [-0.39, 0.29) is 12.5 Å². The highest BCUT2D eigenvalue weighted by atomic mass is 32.1. The van der Waals surface area contributed by atoms with Gasteiger partial charge in [-0.2, -0.15) is 0 Å². The minimum absolute atomic E-state index is 0.126. The van der Waals surface area contributed by atoms with Gasteiger partial charge in [0.15, 0.2) is 0 Å². The van der Waals surface area contributed by atoms with Crippen molar-refractivity contribution >= 4 is 39.2 Å². The second-order valence-corrected chi connectivity index (χ2v) is 9.41. The molecule has 0 spiro atoms. The van der Waals surface area contributed by atoms with E-state index in [1.807, 2.05) is 47.8 Å². The van der Waals surface area contributed by atoms with Crippen LogP contribution in [-0.4, -0.2) is 40.4 Å². The first-order valence-electron chi connectivity index (χ1n) is 10.2. The number of amides is 2. The third-order valence-corrected chi connectivity index (χ3v) is 6.67. The highest BCUT2D eigenvalue weighted by molar-refractivity contribution is 7.17. The molecule has 2 amide bonds. The molecule has 1 unspecified atom stereocenters. The van der Waals surface area contributed by atoms with Crippen molar-refractivity contribution in [3.63, 3.8) is 0 Å². The molecule has 0 saturated heterocycles. The predicted octanol–water partition coefficient (Wildman–Crippen LogP) is 3.02. The molecule has 1 aliphatic carbocycles. The summed E-state index contributed by atoms with van der Waals surface area (Å²) in [5.41, 5.74) is 8.96. The Bertz CT molecular complexity index is 1110. The topological polar surface area (TPSA) is 93.2 Å². The fourth-order valence-electron chi connectivity index (χ4n) is 4.11. The molecule has 0 radical (unpaired) electrons. The number of fused-ring (bicyclic) bond motifs is 2. The van der Waals surface area contributed by atoms with Crippen molar-refractivity contribution in [1.82, 2.24) is 14.5 Å². The van der Waals surface area contributed by atoms with Crippen molar-refractivity contribution in [2.24, 2.45) is 11.7 Å². The Morgan fingerprint density at radius 1 is 1.33 bits per heavy atom. The van der Waals surface area contributed by atoms with Gasteiger partial charge in [0.1, 0.15) is 17.4 Å². The predicted molar refractivity (Wildman–Crippen MR) is 120 cm³/mol. The van der Waals surface area contributed by atoms with Gasteiger partial charge in [-0.3, -0.25) is 9.59 Å². The van der Waals surface area contributed by atoms with Crippen molar-refractivity contribution in [2.45, 2.75) is 39.3 Å². The second-order valence-electron chi connectivity index (χ2n) is 8.31. The van der Waals surface area contributed by atoms with Crippen LogP contribution in [0.5, 0.6) is 0 Å². The Hall–Kier alpha value is -2.71. The van der Waals surface area contributed by atoms with Gasteiger partial charge >= 0.3 is 0 Å². The van der Waals surface area contributed by atoms with Crippen LogP contribution in [0.15, 0.2) is 24.3 Å². The summed E-state index contributed by atoms with van der Waals surface area (Å²) in [4.78, 5) is 33.0. The number of nitrogens with zero attached hydrogens (tertiary/aromatic N) is 3. The van der Waals surface area contributed by atoms with Crippen LogP contribution in [0.2, 0.25) is 0 Å². The summed E-state index contributed by atoms with van der Waals surface area (Å²) >= 11 is 1.49. The van der Waals surface area contributed by atoms with Gasteiger partial charge in [-0.25, -0.2) is 4.98 Å². The lowest BCUT2D eigenvalue weighted by Crippen LogP contribution is -2.24. The van der Waals surface area contributed by atoms with Crippen LogP contribution in [-0.2, 0) is 30.7 Å². The lowest BCUT2D eigenvalue weighted by Gasteiger charge is -2.18. The molecule has 0 aliphatic heterocycles. The SMILES string of the molecule is CC1CCc2c(sc(NC(=O)Cn3c(CN(C)C)nc4ccccc43)c2C(N)=O)C1. The monoisotopic (exact) mass is 425 g/mol. The zero-order valence-corrected chi connectivity index (χ0v) is 18.4. The summed E-state index contributed by atoms with van der Waals surface area (Å²) in [6.45, 7) is 2.96. The summed E-state index contributed by atoms with van der Waals surface area (Å²) in [6.07, 6.45) is 2.79. The van der Waals surface area contributed by atoms with E-state index in [1.54, 1.807) is 0 Å². The molecule has 7 nitrogen and oxygen atoms in total. The first-order chi connectivity index (χ1) is 14.3. The van der Waals surface area contributed by atoms with Crippen LogP contribution in [0, 0.1) is 5.92 Å². The van der Waals surface area contributed by atoms with Gasteiger partial charge in [0.05, 0.1) is 23.1 Å². The van der Waals surface area contributed by atoms with E-state index >= 15 is 0 Å². The molecule has 4 rings (SSSR count). The van der Waals surface area contributed by atoms with Gasteiger partial charge in [0.2, 0.25) is 5.91 Å². The van der Waals surface area contributed by atoms with Gasteiger partial charge in [0.25, 0.3) is 5.91 Å². The van der Waals surface area contributed by atoms with Crippen LogP contribution in [0.3, 0.4) is 0 Å². The van der Waals surface area contributed by atoms with E-state index in [0.29, 0.717) is 23.0 Å². The molecular formula is C22H27N5O2S. The number of primary amides is 1. The smallest absolute Gasteiger partial charge is 0.251 e. The van der Waals surface area contributed by atoms with Crippen LogP contribution < -0.4 is 11.1 Å². The van der Waals surface area contributed by atoms with Crippen molar-refractivity contribution in [3.05, 3.63) is 46.1 Å². The maximum absolute atomic E-state index is 13.0. The average molecular weight is 426 g/mol. The molecule has 0 saturated carbocycles. The van der Waals surface area contributed by atoms with Crippen LogP contribution in [0.25, 0.3) is 11.0 Å². The van der Waals surface area contributed by atoms with Crippen LogP contribution in [0.1, 0.15) is 40.0 Å². The number of rotatable bonds is 6. The minimum Gasteiger partial charge on any atom is -0.365 e. The van der Waals surface area contributed by atoms with Gasteiger partial charge < -0.3 is 20.5 Å². The number of hydrogen-bond acceptors (Lipinski definition) is 5. The summed E-state index contributed by atoms with van der Waals surface area (Å²) < 4.78 is 1.93. The number of carbonyl (C=O) groups is 2. The Labute approximate surface area is 179 Å². The fraction of sp³-hybridized carbons (Fsp3) is 0.409. The van der Waals surface area contributed by atoms with Gasteiger partial charge in [0, 0.05) is 4.88 Å². The molecule has 0 fully saturated rings. The zero-order chi connectivity index (χ0) is 21.4. The lowest BCUT2D eigenvalue weighted by molar-refractivity contribution is -0.116. The summed E-state index contributed by atoms with van der Waals surface area (Å²) in [7, 11) is 3.94. The number of nitrogens with one attached hydrogen (secondary N) is 1. The third-order valence-electron chi connectivity index (χ3n) is 5.50. The van der Waals surface area contributed by atoms with Crippen LogP contribution in [0.4, 0.5) is 5.00 Å². The van der Waals surface area contributed by atoms with Crippen LogP contribution >= 0.6 is 11.3 Å². The average Bonchev–Trinajstić information content (AvgIpc) is 3.18. The molecule has 3 aromatic rings. The molecular weight excluding hydrogens is 398 g/mol. The molecule has 1 atom stereocenters. The number of nitrogens with two attached hydrogens (primary N) is 1. The maximum atomic E-state index is 13.0. The Kier molecular flexibility index (Phi) is 5.62. The standard InChI is InChI=1S/C22H27N5O2S/c1-13-8-9-14-17(10-13)30-22(20(14)21(23)29)25-19(28)12-27-16-7-5-4-6-15(16)24-18(27)11-26(2)3/h4-7,13H,8-12H2,1-3H3,(H2,23,29)(H,25,28). The first kappa shape index (κ1) is 20.6. The number of imidazole rings is 1. The Balaban J connectivity index is 1.63. The molecule has 158 valence electrons. The lowest BCUT2D eigenvalue weighted by atomic mass is 9.88. The van der Waals surface area contributed by atoms with E-state index < -0.39 is 5.91 Å².